The highest BCUT2D eigenvalue weighted by molar-refractivity contribution is 6.32. The van der Waals surface area contributed by atoms with Crippen molar-refractivity contribution in [2.45, 2.75) is 39.8 Å². The van der Waals surface area contributed by atoms with Crippen LogP contribution in [0.4, 0.5) is 17.6 Å². The van der Waals surface area contributed by atoms with Gasteiger partial charge in [-0.25, -0.2) is 22.2 Å². The number of alkyl halides is 4. The van der Waals surface area contributed by atoms with Crippen LogP contribution >= 0.6 is 11.6 Å². The largest absolute Gasteiger partial charge is 0.350 e. The zero-order valence-electron chi connectivity index (χ0n) is 16.0. The normalized spacial score (nSPS) is 11.5. The van der Waals surface area contributed by atoms with Crippen molar-refractivity contribution in [2.24, 2.45) is 0 Å². The molecule has 1 N–H and O–H groups in total. The molecule has 3 rings (SSSR count). The lowest BCUT2D eigenvalue weighted by Gasteiger charge is -2.09. The second-order valence-electron chi connectivity index (χ2n) is 6.52. The molecule has 0 bridgehead atoms. The van der Waals surface area contributed by atoms with Gasteiger partial charge in [0.2, 0.25) is 5.91 Å². The average Bonchev–Trinajstić information content (AvgIpc) is 3.17. The summed E-state index contributed by atoms with van der Waals surface area (Å²) in [7, 11) is 0. The third-order valence-electron chi connectivity index (χ3n) is 4.57. The molecule has 6 nitrogen and oxygen atoms in total. The van der Waals surface area contributed by atoms with Gasteiger partial charge in [-0.1, -0.05) is 29.8 Å². The molecule has 160 valence electrons. The zero-order valence-corrected chi connectivity index (χ0v) is 16.8. The van der Waals surface area contributed by atoms with Crippen LogP contribution in [0, 0.1) is 13.8 Å². The minimum Gasteiger partial charge on any atom is -0.350 e. The number of rotatable bonds is 7. The standard InChI is InChI=1S/C19H18ClF4N5O/c1-10-13(11(2)29(26-10)12-6-4-3-5-7-12)8-25-14(30)9-28-17(19(23)24)15(20)16(27-28)18(21)22/h3-7,18-19H,8-9H2,1-2H3,(H,25,30). The van der Waals surface area contributed by atoms with E-state index in [4.69, 9.17) is 11.6 Å². The minimum atomic E-state index is -3.15. The summed E-state index contributed by atoms with van der Waals surface area (Å²) in [5, 5.41) is 9.60. The number of benzene rings is 1. The van der Waals surface area contributed by atoms with Crippen LogP contribution in [0.25, 0.3) is 5.69 Å². The second-order valence-corrected chi connectivity index (χ2v) is 6.89. The Balaban J connectivity index is 1.75. The number of para-hydroxylation sites is 1. The highest BCUT2D eigenvalue weighted by atomic mass is 35.5. The topological polar surface area (TPSA) is 64.7 Å². The Kier molecular flexibility index (Phi) is 6.45. The number of halogens is 5. The molecule has 0 saturated heterocycles. The Morgan fingerprint density at radius 1 is 1.10 bits per heavy atom. The van der Waals surface area contributed by atoms with Gasteiger partial charge >= 0.3 is 0 Å². The third kappa shape index (κ3) is 4.33. The van der Waals surface area contributed by atoms with E-state index in [1.807, 2.05) is 37.3 Å². The maximum absolute atomic E-state index is 13.2. The van der Waals surface area contributed by atoms with E-state index >= 15 is 0 Å². The molecule has 0 unspecified atom stereocenters. The smallest absolute Gasteiger partial charge is 0.283 e. The van der Waals surface area contributed by atoms with E-state index < -0.39 is 41.7 Å². The van der Waals surface area contributed by atoms with E-state index in [0.717, 1.165) is 16.9 Å². The molecule has 0 aliphatic heterocycles. The Hall–Kier alpha value is -2.88. The molecular weight excluding hydrogens is 426 g/mol. The number of carbonyl (C=O) groups is 1. The molecule has 0 atom stereocenters. The maximum atomic E-state index is 13.2. The molecule has 30 heavy (non-hydrogen) atoms. The fraction of sp³-hybridized carbons (Fsp3) is 0.316. The summed E-state index contributed by atoms with van der Waals surface area (Å²) in [5.74, 6) is -0.678. The number of nitrogens with one attached hydrogen (secondary N) is 1. The van der Waals surface area contributed by atoms with Gasteiger partial charge in [0.1, 0.15) is 17.9 Å². The van der Waals surface area contributed by atoms with Gasteiger partial charge < -0.3 is 5.32 Å². The minimum absolute atomic E-state index is 0.0874. The van der Waals surface area contributed by atoms with Crippen molar-refractivity contribution in [3.05, 3.63) is 63.7 Å². The SMILES string of the molecule is Cc1nn(-c2ccccc2)c(C)c1CNC(=O)Cn1nc(C(F)F)c(Cl)c1C(F)F. The van der Waals surface area contributed by atoms with Gasteiger partial charge in [-0.15, -0.1) is 0 Å². The fourth-order valence-corrected chi connectivity index (χ4v) is 3.37. The van der Waals surface area contributed by atoms with E-state index in [0.29, 0.717) is 10.4 Å². The quantitative estimate of drug-likeness (QED) is 0.546. The fourth-order valence-electron chi connectivity index (χ4n) is 3.07. The average molecular weight is 444 g/mol. The first-order chi connectivity index (χ1) is 14.2. The van der Waals surface area contributed by atoms with Gasteiger partial charge in [0, 0.05) is 17.8 Å². The number of hydrogen-bond donors (Lipinski definition) is 1. The number of hydrogen-bond acceptors (Lipinski definition) is 3. The van der Waals surface area contributed by atoms with Gasteiger partial charge in [-0.3, -0.25) is 9.48 Å². The molecule has 2 aromatic heterocycles. The van der Waals surface area contributed by atoms with Crippen LogP contribution in [0.3, 0.4) is 0 Å². The van der Waals surface area contributed by atoms with Crippen LogP contribution in [0.5, 0.6) is 0 Å². The molecule has 0 aliphatic carbocycles. The van der Waals surface area contributed by atoms with Gasteiger partial charge in [-0.2, -0.15) is 10.2 Å². The molecule has 0 radical (unpaired) electrons. The summed E-state index contributed by atoms with van der Waals surface area (Å²) in [4.78, 5) is 12.3. The lowest BCUT2D eigenvalue weighted by atomic mass is 10.2. The summed E-state index contributed by atoms with van der Waals surface area (Å²) in [5.41, 5.74) is 1.21. The molecule has 0 fully saturated rings. The summed E-state index contributed by atoms with van der Waals surface area (Å²) in [6.45, 7) is 3.04. The number of aromatic nitrogens is 4. The Morgan fingerprint density at radius 3 is 2.37 bits per heavy atom. The lowest BCUT2D eigenvalue weighted by molar-refractivity contribution is -0.122. The Bertz CT molecular complexity index is 1050. The number of nitrogens with zero attached hydrogens (tertiary/aromatic N) is 4. The van der Waals surface area contributed by atoms with Gasteiger partial charge in [0.15, 0.2) is 0 Å². The predicted molar refractivity (Wildman–Crippen MR) is 102 cm³/mol. The number of amides is 1. The van der Waals surface area contributed by atoms with E-state index in [1.165, 1.54) is 0 Å². The first kappa shape index (κ1) is 21.8. The highest BCUT2D eigenvalue weighted by Gasteiger charge is 2.28. The molecule has 3 aromatic rings. The Morgan fingerprint density at radius 2 is 1.77 bits per heavy atom. The van der Waals surface area contributed by atoms with Crippen molar-refractivity contribution in [2.75, 3.05) is 0 Å². The predicted octanol–water partition coefficient (Wildman–Crippen LogP) is 4.53. The van der Waals surface area contributed by atoms with Crippen molar-refractivity contribution < 1.29 is 22.4 Å². The van der Waals surface area contributed by atoms with Crippen LogP contribution in [-0.2, 0) is 17.9 Å². The van der Waals surface area contributed by atoms with E-state index in [9.17, 15) is 22.4 Å². The van der Waals surface area contributed by atoms with Crippen LogP contribution in [-0.4, -0.2) is 25.5 Å². The second kappa shape index (κ2) is 8.86. The van der Waals surface area contributed by atoms with Crippen molar-refractivity contribution in [3.8, 4) is 5.69 Å². The molecule has 1 amide bonds. The molecule has 0 spiro atoms. The first-order valence-electron chi connectivity index (χ1n) is 8.90. The molecule has 11 heteroatoms. The number of carbonyl (C=O) groups excluding carboxylic acids is 1. The molecule has 1 aromatic carbocycles. The van der Waals surface area contributed by atoms with Crippen molar-refractivity contribution in [1.29, 1.82) is 0 Å². The van der Waals surface area contributed by atoms with Crippen molar-refractivity contribution in [1.82, 2.24) is 24.9 Å². The van der Waals surface area contributed by atoms with Crippen LogP contribution in [0.15, 0.2) is 30.3 Å². The molecule has 0 saturated carbocycles. The third-order valence-corrected chi connectivity index (χ3v) is 4.95. The first-order valence-corrected chi connectivity index (χ1v) is 9.28. The summed E-state index contributed by atoms with van der Waals surface area (Å²) in [6.07, 6.45) is -6.28. The maximum Gasteiger partial charge on any atom is 0.283 e. The number of aryl methyl sites for hydroxylation is 1. The van der Waals surface area contributed by atoms with Crippen LogP contribution in [0.2, 0.25) is 5.02 Å². The molecule has 2 heterocycles. The van der Waals surface area contributed by atoms with Gasteiger partial charge in [0.05, 0.1) is 16.4 Å². The van der Waals surface area contributed by atoms with Crippen molar-refractivity contribution >= 4 is 17.5 Å². The Labute approximate surface area is 174 Å². The van der Waals surface area contributed by atoms with Gasteiger partial charge in [0.25, 0.3) is 12.9 Å². The monoisotopic (exact) mass is 443 g/mol. The summed E-state index contributed by atoms with van der Waals surface area (Å²) >= 11 is 5.59. The van der Waals surface area contributed by atoms with E-state index in [2.05, 4.69) is 15.5 Å². The summed E-state index contributed by atoms with van der Waals surface area (Å²) < 4.78 is 54.5. The highest BCUT2D eigenvalue weighted by Crippen LogP contribution is 2.34. The van der Waals surface area contributed by atoms with E-state index in [1.54, 1.807) is 11.6 Å². The molecule has 0 aliphatic rings. The zero-order chi connectivity index (χ0) is 22.0. The van der Waals surface area contributed by atoms with Crippen LogP contribution in [0.1, 0.15) is 41.2 Å². The van der Waals surface area contributed by atoms with Crippen molar-refractivity contribution in [3.63, 3.8) is 0 Å². The molecular formula is C19H18ClF4N5O. The van der Waals surface area contributed by atoms with Gasteiger partial charge in [-0.05, 0) is 26.0 Å². The van der Waals surface area contributed by atoms with Crippen LogP contribution < -0.4 is 5.32 Å². The summed E-state index contributed by atoms with van der Waals surface area (Å²) in [6, 6.07) is 9.39. The van der Waals surface area contributed by atoms with E-state index in [-0.39, 0.29) is 6.54 Å². The lowest BCUT2D eigenvalue weighted by Crippen LogP contribution is -2.28.